The molecule has 2 aromatic rings. The van der Waals surface area contributed by atoms with Gasteiger partial charge in [-0.3, -0.25) is 14.9 Å². The number of carbonyl (C=O) groups excluding carboxylic acids is 1. The van der Waals surface area contributed by atoms with Crippen LogP contribution in [0.2, 0.25) is 0 Å². The highest BCUT2D eigenvalue weighted by atomic mass is 16.6. The van der Waals surface area contributed by atoms with Crippen molar-refractivity contribution >= 4 is 17.3 Å². The van der Waals surface area contributed by atoms with Crippen molar-refractivity contribution in [2.75, 3.05) is 25.0 Å². The van der Waals surface area contributed by atoms with Crippen LogP contribution < -0.4 is 15.4 Å². The molecule has 0 saturated carbocycles. The van der Waals surface area contributed by atoms with Gasteiger partial charge in [-0.25, -0.2) is 0 Å². The normalized spacial score (nSPS) is 10.2. The monoisotopic (exact) mass is 357 g/mol. The van der Waals surface area contributed by atoms with E-state index >= 15 is 0 Å². The molecule has 0 fully saturated rings. The van der Waals surface area contributed by atoms with Gasteiger partial charge >= 0.3 is 0 Å². The Labute approximate surface area is 152 Å². The average molecular weight is 357 g/mol. The molecule has 0 spiro atoms. The molecule has 138 valence electrons. The summed E-state index contributed by atoms with van der Waals surface area (Å²) < 4.78 is 5.62. The predicted octanol–water partition coefficient (Wildman–Crippen LogP) is 3.29. The second kappa shape index (κ2) is 10.0. The SMILES string of the molecule is Cc1cccc(OCCCNC(=O)CCNc2ccccc2[N+](=O)[O-])c1. The van der Waals surface area contributed by atoms with Gasteiger partial charge in [-0.15, -0.1) is 0 Å². The van der Waals surface area contributed by atoms with Gasteiger partial charge in [0.25, 0.3) is 5.69 Å². The third kappa shape index (κ3) is 6.43. The first-order valence-corrected chi connectivity index (χ1v) is 8.50. The Bertz CT molecular complexity index is 749. The number of benzene rings is 2. The Morgan fingerprint density at radius 3 is 2.73 bits per heavy atom. The molecule has 0 radical (unpaired) electrons. The minimum Gasteiger partial charge on any atom is -0.494 e. The van der Waals surface area contributed by atoms with Gasteiger partial charge in [0.15, 0.2) is 0 Å². The number of nitro groups is 1. The van der Waals surface area contributed by atoms with Gasteiger partial charge in [0.05, 0.1) is 11.5 Å². The first-order chi connectivity index (χ1) is 12.6. The predicted molar refractivity (Wildman–Crippen MR) is 101 cm³/mol. The van der Waals surface area contributed by atoms with Crippen molar-refractivity contribution in [2.24, 2.45) is 0 Å². The molecule has 0 aliphatic heterocycles. The van der Waals surface area contributed by atoms with E-state index in [0.717, 1.165) is 11.3 Å². The molecule has 0 heterocycles. The summed E-state index contributed by atoms with van der Waals surface area (Å²) in [5.74, 6) is 0.719. The largest absolute Gasteiger partial charge is 0.494 e. The standard InChI is InChI=1S/C19H23N3O4/c1-15-6-4-7-16(14-15)26-13-5-11-21-19(23)10-12-20-17-8-2-3-9-18(17)22(24)25/h2-4,6-9,14,20H,5,10-13H2,1H3,(H,21,23). The number of nitrogens with zero attached hydrogens (tertiary/aromatic N) is 1. The molecule has 1 amide bonds. The number of carbonyl (C=O) groups is 1. The number of anilines is 1. The van der Waals surface area contributed by atoms with Gasteiger partial charge in [0, 0.05) is 25.6 Å². The second-order valence-electron chi connectivity index (χ2n) is 5.82. The van der Waals surface area contributed by atoms with Crippen LogP contribution in [0.5, 0.6) is 5.75 Å². The van der Waals surface area contributed by atoms with E-state index in [-0.39, 0.29) is 18.0 Å². The molecule has 0 aromatic heterocycles. The van der Waals surface area contributed by atoms with E-state index in [9.17, 15) is 14.9 Å². The lowest BCUT2D eigenvalue weighted by Crippen LogP contribution is -2.27. The molecular weight excluding hydrogens is 334 g/mol. The maximum Gasteiger partial charge on any atom is 0.292 e. The summed E-state index contributed by atoms with van der Waals surface area (Å²) in [6.07, 6.45) is 0.946. The van der Waals surface area contributed by atoms with Crippen LogP contribution in [0, 0.1) is 17.0 Å². The highest BCUT2D eigenvalue weighted by molar-refractivity contribution is 5.76. The fraction of sp³-hybridized carbons (Fsp3) is 0.316. The van der Waals surface area contributed by atoms with Gasteiger partial charge in [-0.05, 0) is 37.1 Å². The number of hydrogen-bond acceptors (Lipinski definition) is 5. The van der Waals surface area contributed by atoms with Crippen molar-refractivity contribution < 1.29 is 14.5 Å². The summed E-state index contributed by atoms with van der Waals surface area (Å²) in [5, 5.41) is 16.7. The molecule has 7 heteroatoms. The van der Waals surface area contributed by atoms with Gasteiger partial charge in [0.1, 0.15) is 11.4 Å². The minimum absolute atomic E-state index is 0.00112. The Hall–Kier alpha value is -3.09. The zero-order valence-corrected chi connectivity index (χ0v) is 14.7. The van der Waals surface area contributed by atoms with Gasteiger partial charge < -0.3 is 15.4 Å². The van der Waals surface area contributed by atoms with Crippen molar-refractivity contribution in [3.63, 3.8) is 0 Å². The molecule has 2 N–H and O–H groups in total. The fourth-order valence-corrected chi connectivity index (χ4v) is 2.38. The Balaban J connectivity index is 1.60. The van der Waals surface area contributed by atoms with Crippen LogP contribution in [-0.4, -0.2) is 30.5 Å². The molecule has 0 unspecified atom stereocenters. The van der Waals surface area contributed by atoms with Crippen LogP contribution in [0.3, 0.4) is 0 Å². The minimum atomic E-state index is -0.448. The zero-order valence-electron chi connectivity index (χ0n) is 14.7. The Kier molecular flexibility index (Phi) is 7.42. The molecule has 2 rings (SSSR count). The molecule has 2 aromatic carbocycles. The van der Waals surface area contributed by atoms with Crippen LogP contribution in [-0.2, 0) is 4.79 Å². The van der Waals surface area contributed by atoms with E-state index in [0.29, 0.717) is 31.8 Å². The lowest BCUT2D eigenvalue weighted by atomic mass is 10.2. The first kappa shape index (κ1) is 19.2. The van der Waals surface area contributed by atoms with Gasteiger partial charge in [0.2, 0.25) is 5.91 Å². The summed E-state index contributed by atoms with van der Waals surface area (Å²) >= 11 is 0. The van der Waals surface area contributed by atoms with Crippen molar-refractivity contribution in [2.45, 2.75) is 19.8 Å². The number of hydrogen-bond donors (Lipinski definition) is 2. The number of nitrogens with one attached hydrogen (secondary N) is 2. The van der Waals surface area contributed by atoms with E-state index in [1.165, 1.54) is 6.07 Å². The van der Waals surface area contributed by atoms with Crippen LogP contribution in [0.15, 0.2) is 48.5 Å². The number of aryl methyl sites for hydroxylation is 1. The molecule has 7 nitrogen and oxygen atoms in total. The number of ether oxygens (including phenoxy) is 1. The number of amides is 1. The lowest BCUT2D eigenvalue weighted by Gasteiger charge is -2.09. The summed E-state index contributed by atoms with van der Waals surface area (Å²) in [7, 11) is 0. The maximum absolute atomic E-state index is 11.8. The van der Waals surface area contributed by atoms with Gasteiger partial charge in [-0.1, -0.05) is 24.3 Å². The van der Waals surface area contributed by atoms with Crippen molar-refractivity contribution in [1.29, 1.82) is 0 Å². The molecule has 0 aliphatic rings. The summed E-state index contributed by atoms with van der Waals surface area (Å²) in [5.41, 5.74) is 1.56. The van der Waals surface area contributed by atoms with Crippen molar-refractivity contribution in [1.82, 2.24) is 5.32 Å². The van der Waals surface area contributed by atoms with E-state index in [1.807, 2.05) is 31.2 Å². The van der Waals surface area contributed by atoms with Crippen molar-refractivity contribution in [3.8, 4) is 5.75 Å². The molecule has 0 bridgehead atoms. The molecule has 0 aliphatic carbocycles. The van der Waals surface area contributed by atoms with E-state index in [2.05, 4.69) is 10.6 Å². The van der Waals surface area contributed by atoms with Crippen LogP contribution >= 0.6 is 0 Å². The lowest BCUT2D eigenvalue weighted by molar-refractivity contribution is -0.384. The van der Waals surface area contributed by atoms with Crippen molar-refractivity contribution in [3.05, 3.63) is 64.2 Å². The van der Waals surface area contributed by atoms with E-state index in [4.69, 9.17) is 4.74 Å². The summed E-state index contributed by atoms with van der Waals surface area (Å²) in [6, 6.07) is 14.2. The molecule has 26 heavy (non-hydrogen) atoms. The highest BCUT2D eigenvalue weighted by Crippen LogP contribution is 2.22. The summed E-state index contributed by atoms with van der Waals surface area (Å²) in [4.78, 5) is 22.3. The fourth-order valence-electron chi connectivity index (χ4n) is 2.38. The van der Waals surface area contributed by atoms with Crippen LogP contribution in [0.4, 0.5) is 11.4 Å². The first-order valence-electron chi connectivity index (χ1n) is 8.50. The molecule has 0 atom stereocenters. The third-order valence-electron chi connectivity index (χ3n) is 3.67. The maximum atomic E-state index is 11.8. The highest BCUT2D eigenvalue weighted by Gasteiger charge is 2.11. The Morgan fingerprint density at radius 2 is 1.96 bits per heavy atom. The smallest absolute Gasteiger partial charge is 0.292 e. The van der Waals surface area contributed by atoms with Crippen LogP contribution in [0.1, 0.15) is 18.4 Å². The zero-order chi connectivity index (χ0) is 18.8. The quantitative estimate of drug-likeness (QED) is 0.387. The number of nitro benzene ring substituents is 1. The summed E-state index contributed by atoms with van der Waals surface area (Å²) in [6.45, 7) is 3.38. The average Bonchev–Trinajstić information content (AvgIpc) is 2.62. The number of rotatable bonds is 10. The van der Waals surface area contributed by atoms with Crippen LogP contribution in [0.25, 0.3) is 0 Å². The molecular formula is C19H23N3O4. The van der Waals surface area contributed by atoms with E-state index < -0.39 is 4.92 Å². The second-order valence-corrected chi connectivity index (χ2v) is 5.82. The Morgan fingerprint density at radius 1 is 1.15 bits per heavy atom. The number of para-hydroxylation sites is 2. The van der Waals surface area contributed by atoms with Gasteiger partial charge in [-0.2, -0.15) is 0 Å². The third-order valence-corrected chi connectivity index (χ3v) is 3.67. The molecule has 0 saturated heterocycles. The van der Waals surface area contributed by atoms with E-state index in [1.54, 1.807) is 18.2 Å². The topological polar surface area (TPSA) is 93.5 Å².